The highest BCUT2D eigenvalue weighted by atomic mass is 79.9. The molecule has 1 unspecified atom stereocenters. The summed E-state index contributed by atoms with van der Waals surface area (Å²) in [5.74, 6) is -0.0438. The van der Waals surface area contributed by atoms with Crippen molar-refractivity contribution >= 4 is 21.7 Å². The number of Topliss-reactive ketones (excluding diaryl/α,β-unsaturated/α-hetero) is 1. The van der Waals surface area contributed by atoms with Crippen LogP contribution in [0.4, 0.5) is 4.39 Å². The maximum atomic E-state index is 13.1. The maximum Gasteiger partial charge on any atom is 0.202 e. The molecule has 2 aromatic rings. The van der Waals surface area contributed by atoms with E-state index in [4.69, 9.17) is 9.47 Å². The zero-order valence-corrected chi connectivity index (χ0v) is 15.8. The molecule has 0 fully saturated rings. The average molecular weight is 398 g/mol. The summed E-state index contributed by atoms with van der Waals surface area (Å²) < 4.78 is 26.4. The number of rotatable bonds is 7. The molecule has 4 nitrogen and oxygen atoms in total. The van der Waals surface area contributed by atoms with E-state index < -0.39 is 0 Å². The van der Waals surface area contributed by atoms with Crippen molar-refractivity contribution in [1.29, 1.82) is 0 Å². The molecule has 1 atom stereocenters. The number of benzene rings is 1. The van der Waals surface area contributed by atoms with Crippen molar-refractivity contribution in [2.24, 2.45) is 0 Å². The van der Waals surface area contributed by atoms with E-state index in [0.717, 1.165) is 11.4 Å². The van der Waals surface area contributed by atoms with Crippen LogP contribution < -0.4 is 4.74 Å². The number of aromatic nitrogens is 1. The van der Waals surface area contributed by atoms with E-state index >= 15 is 0 Å². The second-order valence-electron chi connectivity index (χ2n) is 5.75. The molecule has 1 aromatic carbocycles. The standard InChI is InChI=1S/C18H21BrFNO3/c1-11-7-15(13(3)21(11)12(2)9-23-4)17(22)10-24-18-6-5-14(20)8-16(18)19/h5-8,12H,9-10H2,1-4H3. The van der Waals surface area contributed by atoms with Gasteiger partial charge in [0.05, 0.1) is 17.1 Å². The summed E-state index contributed by atoms with van der Waals surface area (Å²) in [6, 6.07) is 6.11. The largest absolute Gasteiger partial charge is 0.484 e. The molecule has 0 aliphatic rings. The summed E-state index contributed by atoms with van der Waals surface area (Å²) in [6.07, 6.45) is 0. The molecular formula is C18H21BrFNO3. The Balaban J connectivity index is 2.14. The van der Waals surface area contributed by atoms with Gasteiger partial charge in [-0.2, -0.15) is 0 Å². The van der Waals surface area contributed by atoms with Crippen LogP contribution in [-0.4, -0.2) is 30.7 Å². The summed E-state index contributed by atoms with van der Waals surface area (Å²) in [4.78, 5) is 12.5. The Morgan fingerprint density at radius 3 is 2.67 bits per heavy atom. The molecule has 130 valence electrons. The third kappa shape index (κ3) is 4.05. The number of hydrogen-bond acceptors (Lipinski definition) is 3. The summed E-state index contributed by atoms with van der Waals surface area (Å²) in [5.41, 5.74) is 2.53. The Morgan fingerprint density at radius 2 is 2.04 bits per heavy atom. The number of methoxy groups -OCH3 is 1. The predicted octanol–water partition coefficient (Wildman–Crippen LogP) is 4.48. The molecule has 0 saturated heterocycles. The van der Waals surface area contributed by atoms with Gasteiger partial charge in [-0.05, 0) is 61.0 Å². The van der Waals surface area contributed by atoms with Gasteiger partial charge < -0.3 is 14.0 Å². The lowest BCUT2D eigenvalue weighted by Gasteiger charge is -2.17. The van der Waals surface area contributed by atoms with Crippen LogP contribution in [0.15, 0.2) is 28.7 Å². The van der Waals surface area contributed by atoms with Crippen molar-refractivity contribution in [1.82, 2.24) is 4.57 Å². The third-order valence-electron chi connectivity index (χ3n) is 3.89. The first-order valence-corrected chi connectivity index (χ1v) is 8.42. The lowest BCUT2D eigenvalue weighted by atomic mass is 10.1. The summed E-state index contributed by atoms with van der Waals surface area (Å²) >= 11 is 3.23. The number of halogens is 2. The Hall–Kier alpha value is -1.66. The second kappa shape index (κ2) is 7.94. The van der Waals surface area contributed by atoms with E-state index in [2.05, 4.69) is 20.5 Å². The van der Waals surface area contributed by atoms with Gasteiger partial charge in [0.2, 0.25) is 5.78 Å². The normalized spacial score (nSPS) is 12.2. The fraction of sp³-hybridized carbons (Fsp3) is 0.389. The molecule has 24 heavy (non-hydrogen) atoms. The smallest absolute Gasteiger partial charge is 0.202 e. The zero-order chi connectivity index (χ0) is 17.9. The molecule has 0 radical (unpaired) electrons. The van der Waals surface area contributed by atoms with Gasteiger partial charge in [0.25, 0.3) is 0 Å². The van der Waals surface area contributed by atoms with E-state index in [0.29, 0.717) is 22.4 Å². The molecule has 6 heteroatoms. The van der Waals surface area contributed by atoms with Gasteiger partial charge in [-0.25, -0.2) is 4.39 Å². The van der Waals surface area contributed by atoms with Crippen LogP contribution in [0.1, 0.15) is 34.7 Å². The van der Waals surface area contributed by atoms with E-state index in [1.54, 1.807) is 7.11 Å². The molecule has 1 heterocycles. The molecule has 0 aliphatic carbocycles. The van der Waals surface area contributed by atoms with Crippen LogP contribution in [0.2, 0.25) is 0 Å². The van der Waals surface area contributed by atoms with Crippen molar-refractivity contribution in [2.45, 2.75) is 26.8 Å². The molecule has 0 amide bonds. The molecule has 0 N–H and O–H groups in total. The zero-order valence-electron chi connectivity index (χ0n) is 14.2. The number of ketones is 1. The third-order valence-corrected chi connectivity index (χ3v) is 4.51. The van der Waals surface area contributed by atoms with Gasteiger partial charge in [0.15, 0.2) is 6.61 Å². The molecule has 1 aromatic heterocycles. The van der Waals surface area contributed by atoms with Gasteiger partial charge in [-0.1, -0.05) is 0 Å². The SMILES string of the molecule is COCC(C)n1c(C)cc(C(=O)COc2ccc(F)cc2Br)c1C. The molecule has 2 rings (SSSR count). The first-order valence-electron chi connectivity index (χ1n) is 7.63. The number of hydrogen-bond donors (Lipinski definition) is 0. The number of carbonyl (C=O) groups is 1. The topological polar surface area (TPSA) is 40.5 Å². The minimum atomic E-state index is -0.365. The van der Waals surface area contributed by atoms with Gasteiger partial charge in [0, 0.05) is 24.1 Å². The first kappa shape index (κ1) is 18.7. The second-order valence-corrected chi connectivity index (χ2v) is 6.60. The van der Waals surface area contributed by atoms with Gasteiger partial charge in [-0.15, -0.1) is 0 Å². The molecule has 0 spiro atoms. The minimum Gasteiger partial charge on any atom is -0.484 e. The van der Waals surface area contributed by atoms with E-state index in [1.165, 1.54) is 18.2 Å². The number of ether oxygens (including phenoxy) is 2. The fourth-order valence-corrected chi connectivity index (χ4v) is 3.33. The maximum absolute atomic E-state index is 13.1. The number of carbonyl (C=O) groups excluding carboxylic acids is 1. The summed E-state index contributed by atoms with van der Waals surface area (Å²) in [7, 11) is 1.66. The highest BCUT2D eigenvalue weighted by Crippen LogP contribution is 2.26. The minimum absolute atomic E-state index is 0.104. The quantitative estimate of drug-likeness (QED) is 0.646. The highest BCUT2D eigenvalue weighted by molar-refractivity contribution is 9.10. The molecule has 0 saturated carbocycles. The summed E-state index contributed by atoms with van der Waals surface area (Å²) in [6.45, 7) is 6.40. The van der Waals surface area contributed by atoms with Crippen molar-refractivity contribution in [3.63, 3.8) is 0 Å². The monoisotopic (exact) mass is 397 g/mol. The van der Waals surface area contributed by atoms with E-state index in [9.17, 15) is 9.18 Å². The van der Waals surface area contributed by atoms with Gasteiger partial charge in [0.1, 0.15) is 11.6 Å². The van der Waals surface area contributed by atoms with Gasteiger partial charge in [-0.3, -0.25) is 4.79 Å². The van der Waals surface area contributed by atoms with Crippen LogP contribution in [0.25, 0.3) is 0 Å². The fourth-order valence-electron chi connectivity index (χ4n) is 2.87. The van der Waals surface area contributed by atoms with Crippen LogP contribution >= 0.6 is 15.9 Å². The van der Waals surface area contributed by atoms with Crippen LogP contribution in [0.5, 0.6) is 5.75 Å². The highest BCUT2D eigenvalue weighted by Gasteiger charge is 2.19. The van der Waals surface area contributed by atoms with Crippen molar-refractivity contribution in [3.05, 3.63) is 51.5 Å². The van der Waals surface area contributed by atoms with Crippen LogP contribution in [-0.2, 0) is 4.74 Å². The Bertz CT molecular complexity index is 742. The van der Waals surface area contributed by atoms with Crippen molar-refractivity contribution in [2.75, 3.05) is 20.3 Å². The average Bonchev–Trinajstić information content (AvgIpc) is 2.81. The lowest BCUT2D eigenvalue weighted by Crippen LogP contribution is -2.16. The first-order chi connectivity index (χ1) is 11.3. The van der Waals surface area contributed by atoms with E-state index in [1.807, 2.05) is 26.8 Å². The Morgan fingerprint density at radius 1 is 1.33 bits per heavy atom. The Labute approximate surface area is 149 Å². The number of nitrogens with zero attached hydrogens (tertiary/aromatic N) is 1. The molecular weight excluding hydrogens is 377 g/mol. The van der Waals surface area contributed by atoms with Crippen LogP contribution in [0, 0.1) is 19.7 Å². The Kier molecular flexibility index (Phi) is 6.18. The summed E-state index contributed by atoms with van der Waals surface area (Å²) in [5, 5.41) is 0. The molecule has 0 aliphatic heterocycles. The van der Waals surface area contributed by atoms with E-state index in [-0.39, 0.29) is 24.2 Å². The van der Waals surface area contributed by atoms with Crippen LogP contribution in [0.3, 0.4) is 0 Å². The van der Waals surface area contributed by atoms with Crippen molar-refractivity contribution < 1.29 is 18.7 Å². The predicted molar refractivity (Wildman–Crippen MR) is 94.4 cm³/mol. The molecule has 0 bridgehead atoms. The van der Waals surface area contributed by atoms with Crippen molar-refractivity contribution in [3.8, 4) is 5.75 Å². The van der Waals surface area contributed by atoms with Gasteiger partial charge >= 0.3 is 0 Å². The lowest BCUT2D eigenvalue weighted by molar-refractivity contribution is 0.0920. The number of aryl methyl sites for hydroxylation is 1.